The number of benzene rings is 1. The molecule has 5 rings (SSSR count). The third-order valence-corrected chi connectivity index (χ3v) is 7.74. The molecule has 7 nitrogen and oxygen atoms in total. The van der Waals surface area contributed by atoms with Crippen LogP contribution in [0.5, 0.6) is 5.75 Å². The number of nitrogens with zero attached hydrogens (tertiary/aromatic N) is 5. The maximum Gasteiger partial charge on any atom is 0.138 e. The van der Waals surface area contributed by atoms with E-state index in [0.29, 0.717) is 12.6 Å². The summed E-state index contributed by atoms with van der Waals surface area (Å²) in [6, 6.07) is 11.2. The molecule has 1 aliphatic rings. The summed E-state index contributed by atoms with van der Waals surface area (Å²) in [6.07, 6.45) is 8.08. The summed E-state index contributed by atoms with van der Waals surface area (Å²) in [5.41, 5.74) is 1.31. The van der Waals surface area contributed by atoms with Crippen LogP contribution in [0.1, 0.15) is 48.3 Å². The molecule has 4 heterocycles. The number of imidazole rings is 1. The zero-order chi connectivity index (χ0) is 24.9. The normalized spacial score (nSPS) is 15.0. The monoisotopic (exact) mass is 504 g/mol. The average Bonchev–Trinajstić information content (AvgIpc) is 3.48. The highest BCUT2D eigenvalue weighted by atomic mass is 32.1. The number of hydrogen-bond acceptors (Lipinski definition) is 7. The zero-order valence-corrected chi connectivity index (χ0v) is 22.4. The van der Waals surface area contributed by atoms with Gasteiger partial charge in [0, 0.05) is 55.9 Å². The molecular weight excluding hydrogens is 468 g/mol. The second-order valence-corrected chi connectivity index (χ2v) is 10.9. The number of nitrogens with one attached hydrogen (secondary N) is 1. The van der Waals surface area contributed by atoms with Gasteiger partial charge in [-0.2, -0.15) is 0 Å². The Morgan fingerprint density at radius 3 is 2.83 bits per heavy atom. The molecule has 1 aromatic carbocycles. The number of hydrogen-bond donors (Lipinski definition) is 1. The Morgan fingerprint density at radius 2 is 2.00 bits per heavy atom. The molecule has 1 fully saturated rings. The van der Waals surface area contributed by atoms with Gasteiger partial charge in [0.2, 0.25) is 0 Å². The first-order valence-corrected chi connectivity index (χ1v) is 13.8. The van der Waals surface area contributed by atoms with E-state index in [1.165, 1.54) is 10.4 Å². The Hall–Kier alpha value is -2.97. The van der Waals surface area contributed by atoms with Gasteiger partial charge in [-0.1, -0.05) is 19.1 Å². The van der Waals surface area contributed by atoms with Crippen molar-refractivity contribution in [2.24, 2.45) is 0 Å². The van der Waals surface area contributed by atoms with Gasteiger partial charge in [-0.15, -0.1) is 11.3 Å². The lowest BCUT2D eigenvalue weighted by Gasteiger charge is -2.32. The number of rotatable bonds is 10. The minimum Gasteiger partial charge on any atom is -0.494 e. The fourth-order valence-electron chi connectivity index (χ4n) is 4.96. The molecule has 8 heteroatoms. The Labute approximate surface area is 217 Å². The number of thiophene rings is 1. The van der Waals surface area contributed by atoms with Crippen LogP contribution in [0.25, 0.3) is 10.2 Å². The van der Waals surface area contributed by atoms with Crippen molar-refractivity contribution in [2.45, 2.75) is 65.6 Å². The topological polar surface area (TPSA) is 68.1 Å². The summed E-state index contributed by atoms with van der Waals surface area (Å²) in [7, 11) is 0. The molecule has 0 saturated carbocycles. The zero-order valence-electron chi connectivity index (χ0n) is 21.5. The van der Waals surface area contributed by atoms with E-state index in [1.54, 1.807) is 11.3 Å². The molecule has 0 amide bonds. The fourth-order valence-corrected chi connectivity index (χ4v) is 5.89. The second kappa shape index (κ2) is 11.4. The van der Waals surface area contributed by atoms with E-state index in [9.17, 15) is 0 Å². The fraction of sp³-hybridized carbons (Fsp3) is 0.464. The van der Waals surface area contributed by atoms with E-state index in [2.05, 4.69) is 75.1 Å². The molecule has 36 heavy (non-hydrogen) atoms. The van der Waals surface area contributed by atoms with Crippen LogP contribution in [0.3, 0.4) is 0 Å². The van der Waals surface area contributed by atoms with Crippen LogP contribution in [0.2, 0.25) is 0 Å². The Bertz CT molecular complexity index is 1290. The van der Waals surface area contributed by atoms with Gasteiger partial charge in [-0.3, -0.25) is 4.90 Å². The summed E-state index contributed by atoms with van der Waals surface area (Å²) in [5.74, 6) is 3.92. The van der Waals surface area contributed by atoms with Gasteiger partial charge in [0.25, 0.3) is 0 Å². The van der Waals surface area contributed by atoms with Crippen LogP contribution >= 0.6 is 11.3 Å². The SMILES string of the molecule is CCc1nccn1CCCOc1cccc(CN2CCC(Nc3nc(C)nc4sc(C)cc34)CC2)c1. The van der Waals surface area contributed by atoms with E-state index >= 15 is 0 Å². The number of fused-ring (bicyclic) bond motifs is 1. The lowest BCUT2D eigenvalue weighted by molar-refractivity contribution is 0.211. The van der Waals surface area contributed by atoms with Crippen LogP contribution in [-0.2, 0) is 19.5 Å². The molecule has 0 spiro atoms. The van der Waals surface area contributed by atoms with Gasteiger partial charge < -0.3 is 14.6 Å². The molecule has 1 aliphatic heterocycles. The molecule has 4 aromatic rings. The molecule has 1 saturated heterocycles. The van der Waals surface area contributed by atoms with E-state index in [4.69, 9.17) is 9.72 Å². The van der Waals surface area contributed by atoms with E-state index in [0.717, 1.165) is 85.3 Å². The number of ether oxygens (including phenoxy) is 1. The van der Waals surface area contributed by atoms with Crippen molar-refractivity contribution in [3.05, 3.63) is 64.8 Å². The molecule has 3 aromatic heterocycles. The number of anilines is 1. The summed E-state index contributed by atoms with van der Waals surface area (Å²) < 4.78 is 8.28. The van der Waals surface area contributed by atoms with Crippen molar-refractivity contribution >= 4 is 27.4 Å². The van der Waals surface area contributed by atoms with Crippen LogP contribution in [-0.4, -0.2) is 50.2 Å². The lowest BCUT2D eigenvalue weighted by atomic mass is 10.0. The molecule has 1 N–H and O–H groups in total. The molecule has 190 valence electrons. The van der Waals surface area contributed by atoms with Crippen LogP contribution < -0.4 is 10.1 Å². The highest BCUT2D eigenvalue weighted by Crippen LogP contribution is 2.30. The number of aromatic nitrogens is 4. The molecule has 0 radical (unpaired) electrons. The molecule has 0 aliphatic carbocycles. The minimum absolute atomic E-state index is 0.442. The third kappa shape index (κ3) is 6.05. The summed E-state index contributed by atoms with van der Waals surface area (Å²) in [6.45, 7) is 11.0. The predicted octanol–water partition coefficient (Wildman–Crippen LogP) is 5.61. The smallest absolute Gasteiger partial charge is 0.138 e. The van der Waals surface area contributed by atoms with E-state index in [-0.39, 0.29) is 0 Å². The minimum atomic E-state index is 0.442. The molecular formula is C28H36N6OS. The maximum atomic E-state index is 6.06. The summed E-state index contributed by atoms with van der Waals surface area (Å²) >= 11 is 1.74. The van der Waals surface area contributed by atoms with Crippen LogP contribution in [0.15, 0.2) is 42.7 Å². The highest BCUT2D eigenvalue weighted by Gasteiger charge is 2.21. The third-order valence-electron chi connectivity index (χ3n) is 6.79. The first-order chi connectivity index (χ1) is 17.6. The second-order valence-electron chi connectivity index (χ2n) is 9.63. The van der Waals surface area contributed by atoms with Gasteiger partial charge in [0.15, 0.2) is 0 Å². The quantitative estimate of drug-likeness (QED) is 0.283. The summed E-state index contributed by atoms with van der Waals surface area (Å²) in [5, 5.41) is 4.87. The van der Waals surface area contributed by atoms with Gasteiger partial charge in [-0.05, 0) is 56.9 Å². The largest absolute Gasteiger partial charge is 0.494 e. The van der Waals surface area contributed by atoms with Crippen LogP contribution in [0, 0.1) is 13.8 Å². The average molecular weight is 505 g/mol. The van der Waals surface area contributed by atoms with Gasteiger partial charge in [-0.25, -0.2) is 15.0 Å². The van der Waals surface area contributed by atoms with Gasteiger partial charge in [0.1, 0.15) is 28.0 Å². The maximum absolute atomic E-state index is 6.06. The number of aryl methyl sites for hydroxylation is 4. The Morgan fingerprint density at radius 1 is 1.14 bits per heavy atom. The first-order valence-electron chi connectivity index (χ1n) is 13.0. The van der Waals surface area contributed by atoms with E-state index < -0.39 is 0 Å². The van der Waals surface area contributed by atoms with Crippen molar-refractivity contribution in [1.82, 2.24) is 24.4 Å². The highest BCUT2D eigenvalue weighted by molar-refractivity contribution is 7.18. The van der Waals surface area contributed by atoms with Crippen LogP contribution in [0.4, 0.5) is 5.82 Å². The Balaban J connectivity index is 1.09. The van der Waals surface area contributed by atoms with E-state index in [1.807, 2.05) is 13.1 Å². The number of likely N-dealkylation sites (tertiary alicyclic amines) is 1. The van der Waals surface area contributed by atoms with Gasteiger partial charge in [0.05, 0.1) is 12.0 Å². The van der Waals surface area contributed by atoms with Crippen molar-refractivity contribution in [3.8, 4) is 5.75 Å². The lowest BCUT2D eigenvalue weighted by Crippen LogP contribution is -2.38. The molecule has 0 bridgehead atoms. The predicted molar refractivity (Wildman–Crippen MR) is 147 cm³/mol. The van der Waals surface area contributed by atoms with Gasteiger partial charge >= 0.3 is 0 Å². The van der Waals surface area contributed by atoms with Crippen molar-refractivity contribution in [3.63, 3.8) is 0 Å². The Kier molecular flexibility index (Phi) is 7.82. The number of piperidine rings is 1. The molecule has 0 atom stereocenters. The van der Waals surface area contributed by atoms with Crippen molar-refractivity contribution in [2.75, 3.05) is 25.0 Å². The summed E-state index contributed by atoms with van der Waals surface area (Å²) in [4.78, 5) is 18.6. The molecule has 0 unspecified atom stereocenters. The van der Waals surface area contributed by atoms with Crippen molar-refractivity contribution < 1.29 is 4.74 Å². The first kappa shape index (κ1) is 24.7. The standard InChI is InChI=1S/C28H36N6OS/c1-4-26-29-11-15-34(26)12-6-16-35-24-8-5-7-22(18-24)19-33-13-9-23(10-14-33)32-27-25-17-20(2)36-28(25)31-21(3)30-27/h5,7-8,11,15,17-18,23H,4,6,9-10,12-14,16,19H2,1-3H3,(H,30,31,32). The van der Waals surface area contributed by atoms with Crippen molar-refractivity contribution in [1.29, 1.82) is 0 Å².